The molecular formula is C23H26N8O3S. The maximum atomic E-state index is 12.8. The first-order valence-corrected chi connectivity index (χ1v) is 12.1. The van der Waals surface area contributed by atoms with Gasteiger partial charge in [-0.1, -0.05) is 12.1 Å². The highest BCUT2D eigenvalue weighted by Gasteiger charge is 2.23. The fourth-order valence-electron chi connectivity index (χ4n) is 3.34. The number of nitrogens with zero attached hydrogens (tertiary/aromatic N) is 6. The Labute approximate surface area is 203 Å². The number of nitrogens with one attached hydrogen (secondary N) is 2. The summed E-state index contributed by atoms with van der Waals surface area (Å²) >= 11 is 0. The number of aromatic nitrogens is 5. The van der Waals surface area contributed by atoms with Crippen LogP contribution in [-0.4, -0.2) is 62.5 Å². The summed E-state index contributed by atoms with van der Waals surface area (Å²) < 4.78 is 27.6. The molecule has 0 unspecified atom stereocenters. The van der Waals surface area contributed by atoms with Crippen molar-refractivity contribution in [1.29, 1.82) is 0 Å². The number of anilines is 1. The van der Waals surface area contributed by atoms with Crippen LogP contribution in [0.25, 0.3) is 33.4 Å². The summed E-state index contributed by atoms with van der Waals surface area (Å²) in [5.41, 5.74) is 2.30. The van der Waals surface area contributed by atoms with E-state index in [1.165, 1.54) is 26.6 Å². The molecule has 0 saturated carbocycles. The van der Waals surface area contributed by atoms with Gasteiger partial charge in [-0.15, -0.1) is 0 Å². The molecule has 1 aromatic carbocycles. The summed E-state index contributed by atoms with van der Waals surface area (Å²) in [7, 11) is -0.986. The predicted octanol–water partition coefficient (Wildman–Crippen LogP) is 3.13. The number of amides is 2. The largest absolute Gasteiger partial charge is 0.333 e. The van der Waals surface area contributed by atoms with E-state index in [0.717, 1.165) is 8.39 Å². The molecule has 4 rings (SSSR count). The third-order valence-electron chi connectivity index (χ3n) is 4.97. The second-order valence-electron chi connectivity index (χ2n) is 9.05. The Kier molecular flexibility index (Phi) is 6.26. The quantitative estimate of drug-likeness (QED) is 0.435. The third kappa shape index (κ3) is 5.12. The molecule has 182 valence electrons. The van der Waals surface area contributed by atoms with E-state index in [0.29, 0.717) is 39.2 Å². The molecule has 0 aliphatic carbocycles. The third-order valence-corrected chi connectivity index (χ3v) is 6.55. The molecule has 2 amide bonds. The average molecular weight is 495 g/mol. The van der Waals surface area contributed by atoms with Crippen LogP contribution >= 0.6 is 0 Å². The van der Waals surface area contributed by atoms with Crippen LogP contribution in [0.3, 0.4) is 0 Å². The maximum absolute atomic E-state index is 12.8. The molecule has 0 fully saturated rings. The molecule has 12 heteroatoms. The van der Waals surface area contributed by atoms with Gasteiger partial charge in [0.25, 0.3) is 0 Å². The number of benzene rings is 1. The Hall–Kier alpha value is -3.90. The number of carbonyl (C=O) groups excluding carboxylic acids is 1. The second kappa shape index (κ2) is 9.04. The van der Waals surface area contributed by atoms with E-state index in [1.54, 1.807) is 36.5 Å². The van der Waals surface area contributed by atoms with Crippen LogP contribution in [0.4, 0.5) is 10.6 Å². The molecule has 3 heterocycles. The van der Waals surface area contributed by atoms with Gasteiger partial charge in [-0.25, -0.2) is 14.8 Å². The standard InChI is InChI=1S/C23H26N8O3S/c1-23(2,3)28-22(32)27-21-16-12-15(9-10-18(16)25-14-26-21)17-13-31(35(33,34)30(4)5)29-20(17)19-8-6-7-11-24-19/h6-14H,1-5H3,(H2,25,26,27,28,32). The number of fused-ring (bicyclic) bond motifs is 1. The van der Waals surface area contributed by atoms with E-state index >= 15 is 0 Å². The molecule has 0 spiro atoms. The van der Waals surface area contributed by atoms with Gasteiger partial charge >= 0.3 is 16.2 Å². The Bertz CT molecular complexity index is 1490. The first-order chi connectivity index (χ1) is 16.5. The summed E-state index contributed by atoms with van der Waals surface area (Å²) in [5, 5.41) is 10.6. The molecule has 0 aliphatic heterocycles. The summed E-state index contributed by atoms with van der Waals surface area (Å²) in [6, 6.07) is 10.3. The van der Waals surface area contributed by atoms with Gasteiger partial charge in [-0.3, -0.25) is 10.3 Å². The van der Waals surface area contributed by atoms with Crippen molar-refractivity contribution in [2.45, 2.75) is 26.3 Å². The van der Waals surface area contributed by atoms with Crippen molar-refractivity contribution in [2.75, 3.05) is 19.4 Å². The Morgan fingerprint density at radius 3 is 2.49 bits per heavy atom. The highest BCUT2D eigenvalue weighted by Crippen LogP contribution is 2.33. The smallest absolute Gasteiger partial charge is 0.322 e. The SMILES string of the molecule is CN(C)S(=O)(=O)n1cc(-c2ccc3ncnc(NC(=O)NC(C)(C)C)c3c2)c(-c2ccccn2)n1. The predicted molar refractivity (Wildman–Crippen MR) is 134 cm³/mol. The molecule has 0 radical (unpaired) electrons. The summed E-state index contributed by atoms with van der Waals surface area (Å²) in [6.07, 6.45) is 4.43. The fourth-order valence-corrected chi connectivity index (χ4v) is 4.10. The van der Waals surface area contributed by atoms with Crippen LogP contribution in [-0.2, 0) is 10.2 Å². The highest BCUT2D eigenvalue weighted by atomic mass is 32.2. The van der Waals surface area contributed by atoms with Crippen LogP contribution in [0.1, 0.15) is 20.8 Å². The van der Waals surface area contributed by atoms with Crippen LogP contribution in [0.15, 0.2) is 55.1 Å². The molecule has 0 saturated heterocycles. The monoisotopic (exact) mass is 494 g/mol. The lowest BCUT2D eigenvalue weighted by Crippen LogP contribution is -2.43. The Morgan fingerprint density at radius 2 is 1.83 bits per heavy atom. The van der Waals surface area contributed by atoms with Crippen LogP contribution in [0.5, 0.6) is 0 Å². The van der Waals surface area contributed by atoms with Gasteiger partial charge in [0, 0.05) is 36.8 Å². The molecular weight excluding hydrogens is 468 g/mol. The van der Waals surface area contributed by atoms with Crippen molar-refractivity contribution in [1.82, 2.24) is 33.8 Å². The molecule has 11 nitrogen and oxygen atoms in total. The lowest BCUT2D eigenvalue weighted by Gasteiger charge is -2.20. The Morgan fingerprint density at radius 1 is 1.06 bits per heavy atom. The van der Waals surface area contributed by atoms with Crippen molar-refractivity contribution >= 4 is 33.0 Å². The molecule has 3 aromatic heterocycles. The van der Waals surface area contributed by atoms with Gasteiger partial charge in [-0.05, 0) is 50.6 Å². The normalized spacial score (nSPS) is 12.2. The van der Waals surface area contributed by atoms with Crippen LogP contribution in [0.2, 0.25) is 0 Å². The van der Waals surface area contributed by atoms with Crippen molar-refractivity contribution in [3.8, 4) is 22.5 Å². The zero-order valence-electron chi connectivity index (χ0n) is 20.0. The topological polar surface area (TPSA) is 135 Å². The van der Waals surface area contributed by atoms with Gasteiger partial charge in [0.05, 0.1) is 17.4 Å². The second-order valence-corrected chi connectivity index (χ2v) is 11.1. The van der Waals surface area contributed by atoms with E-state index in [4.69, 9.17) is 0 Å². The molecule has 0 aliphatic rings. The minimum atomic E-state index is -3.86. The minimum Gasteiger partial charge on any atom is -0.333 e. The minimum absolute atomic E-state index is 0.325. The highest BCUT2D eigenvalue weighted by molar-refractivity contribution is 7.87. The van der Waals surface area contributed by atoms with Crippen LogP contribution in [0, 0.1) is 0 Å². The number of pyridine rings is 1. The number of hydrogen-bond acceptors (Lipinski definition) is 7. The molecule has 4 aromatic rings. The fraction of sp³-hybridized carbons (Fsp3) is 0.261. The first kappa shape index (κ1) is 24.2. The van der Waals surface area contributed by atoms with E-state index in [-0.39, 0.29) is 0 Å². The van der Waals surface area contributed by atoms with Crippen molar-refractivity contribution in [2.24, 2.45) is 0 Å². The van der Waals surface area contributed by atoms with Crippen molar-refractivity contribution < 1.29 is 13.2 Å². The van der Waals surface area contributed by atoms with Crippen molar-refractivity contribution in [3.05, 3.63) is 55.1 Å². The van der Waals surface area contributed by atoms with Gasteiger partial charge in [-0.2, -0.15) is 21.9 Å². The van der Waals surface area contributed by atoms with E-state index < -0.39 is 21.8 Å². The number of rotatable bonds is 5. The lowest BCUT2D eigenvalue weighted by atomic mass is 10.0. The molecule has 2 N–H and O–H groups in total. The summed E-state index contributed by atoms with van der Waals surface area (Å²) in [5.74, 6) is 0.325. The molecule has 0 atom stereocenters. The number of carbonyl (C=O) groups is 1. The zero-order valence-corrected chi connectivity index (χ0v) is 20.8. The van der Waals surface area contributed by atoms with Crippen LogP contribution < -0.4 is 10.6 Å². The maximum Gasteiger partial charge on any atom is 0.322 e. The molecule has 0 bridgehead atoms. The van der Waals surface area contributed by atoms with Gasteiger partial charge in [0.1, 0.15) is 17.8 Å². The zero-order chi connectivity index (χ0) is 25.4. The van der Waals surface area contributed by atoms with E-state index in [1.807, 2.05) is 26.8 Å². The summed E-state index contributed by atoms with van der Waals surface area (Å²) in [6.45, 7) is 5.63. The van der Waals surface area contributed by atoms with Gasteiger partial charge < -0.3 is 5.32 Å². The Balaban J connectivity index is 1.86. The lowest BCUT2D eigenvalue weighted by molar-refractivity contribution is 0.243. The van der Waals surface area contributed by atoms with E-state index in [2.05, 4.69) is 30.7 Å². The van der Waals surface area contributed by atoms with Gasteiger partial charge in [0.15, 0.2) is 0 Å². The number of urea groups is 1. The number of hydrogen-bond donors (Lipinski definition) is 2. The van der Waals surface area contributed by atoms with E-state index in [9.17, 15) is 13.2 Å². The molecule has 35 heavy (non-hydrogen) atoms. The average Bonchev–Trinajstić information content (AvgIpc) is 3.25. The first-order valence-electron chi connectivity index (χ1n) is 10.7. The summed E-state index contributed by atoms with van der Waals surface area (Å²) in [4.78, 5) is 25.4. The van der Waals surface area contributed by atoms with Gasteiger partial charge in [0.2, 0.25) is 0 Å². The van der Waals surface area contributed by atoms with Crippen molar-refractivity contribution in [3.63, 3.8) is 0 Å².